The number of anilines is 1. The Morgan fingerprint density at radius 1 is 1.18 bits per heavy atom. The third kappa shape index (κ3) is 3.29. The number of nitrogens with one attached hydrogen (secondary N) is 1. The second-order valence-electron chi connectivity index (χ2n) is 6.20. The van der Waals surface area contributed by atoms with Crippen LogP contribution in [0.25, 0.3) is 5.70 Å². The van der Waals surface area contributed by atoms with Gasteiger partial charge in [-0.25, -0.2) is 9.48 Å². The van der Waals surface area contributed by atoms with Crippen molar-refractivity contribution < 1.29 is 9.53 Å². The molecule has 2 heterocycles. The van der Waals surface area contributed by atoms with Gasteiger partial charge in [0, 0.05) is 4.90 Å². The molecule has 0 saturated heterocycles. The Hall–Kier alpha value is -3.06. The number of benzene rings is 2. The molecule has 0 saturated carbocycles. The van der Waals surface area contributed by atoms with Crippen LogP contribution in [0.15, 0.2) is 71.4 Å². The average Bonchev–Trinajstić information content (AvgIpc) is 3.21. The van der Waals surface area contributed by atoms with Crippen LogP contribution in [0.3, 0.4) is 0 Å². The molecule has 0 fully saturated rings. The number of fused-ring (bicyclic) bond motifs is 1. The minimum absolute atomic E-state index is 0.298. The fourth-order valence-electron chi connectivity index (χ4n) is 3.32. The zero-order valence-electron chi connectivity index (χ0n) is 15.6. The van der Waals surface area contributed by atoms with Gasteiger partial charge in [-0.1, -0.05) is 42.5 Å². The molecule has 1 aliphatic heterocycles. The van der Waals surface area contributed by atoms with Gasteiger partial charge in [0.25, 0.3) is 0 Å². The van der Waals surface area contributed by atoms with Crippen LogP contribution < -0.4 is 5.32 Å². The fraction of sp³-hybridized carbons (Fsp3) is 0.190. The van der Waals surface area contributed by atoms with E-state index in [1.54, 1.807) is 23.4 Å². The number of hydrogen-bond acceptors (Lipinski definition) is 6. The van der Waals surface area contributed by atoms with Crippen molar-refractivity contribution >= 4 is 29.4 Å². The molecule has 142 valence electrons. The van der Waals surface area contributed by atoms with Crippen molar-refractivity contribution in [2.24, 2.45) is 0 Å². The van der Waals surface area contributed by atoms with Gasteiger partial charge in [0.1, 0.15) is 12.4 Å². The zero-order chi connectivity index (χ0) is 19.5. The lowest BCUT2D eigenvalue weighted by Crippen LogP contribution is -2.30. The highest BCUT2D eigenvalue weighted by atomic mass is 32.2. The lowest BCUT2D eigenvalue weighted by atomic mass is 9.93. The Kier molecular flexibility index (Phi) is 5.16. The van der Waals surface area contributed by atoms with E-state index in [0.29, 0.717) is 23.8 Å². The minimum Gasteiger partial charge on any atom is -0.463 e. The summed E-state index contributed by atoms with van der Waals surface area (Å²) in [4.78, 5) is 18.5. The summed E-state index contributed by atoms with van der Waals surface area (Å²) in [6.45, 7) is 2.10. The van der Waals surface area contributed by atoms with Gasteiger partial charge in [0.15, 0.2) is 0 Å². The van der Waals surface area contributed by atoms with E-state index in [1.807, 2.05) is 60.9 Å². The second-order valence-corrected chi connectivity index (χ2v) is 7.08. The third-order valence-electron chi connectivity index (χ3n) is 4.59. The molecule has 1 aromatic heterocycles. The number of hydrogen-bond donors (Lipinski definition) is 1. The topological polar surface area (TPSA) is 69.0 Å². The first-order valence-corrected chi connectivity index (χ1v) is 10.2. The molecule has 0 spiro atoms. The molecule has 4 rings (SSSR count). The molecule has 0 unspecified atom stereocenters. The summed E-state index contributed by atoms with van der Waals surface area (Å²) in [5, 5.41) is 7.64. The first-order chi connectivity index (χ1) is 13.7. The van der Waals surface area contributed by atoms with Crippen LogP contribution in [-0.4, -0.2) is 33.6 Å². The van der Waals surface area contributed by atoms with Gasteiger partial charge >= 0.3 is 5.97 Å². The van der Waals surface area contributed by atoms with Crippen LogP contribution >= 0.6 is 11.8 Å². The largest absolute Gasteiger partial charge is 0.463 e. The highest BCUT2D eigenvalue weighted by Gasteiger charge is 2.36. The van der Waals surface area contributed by atoms with Gasteiger partial charge in [-0.05, 0) is 36.4 Å². The quantitative estimate of drug-likeness (QED) is 0.523. The van der Waals surface area contributed by atoms with Crippen molar-refractivity contribution in [3.05, 3.63) is 77.6 Å². The molecular formula is C21H20N4O2S. The lowest BCUT2D eigenvalue weighted by molar-refractivity contribution is -0.138. The molecule has 1 atom stereocenters. The van der Waals surface area contributed by atoms with Crippen LogP contribution in [0.2, 0.25) is 0 Å². The highest BCUT2D eigenvalue weighted by Crippen LogP contribution is 2.39. The number of aromatic nitrogens is 3. The van der Waals surface area contributed by atoms with Crippen molar-refractivity contribution in [2.45, 2.75) is 17.9 Å². The maximum Gasteiger partial charge on any atom is 0.338 e. The molecule has 0 bridgehead atoms. The summed E-state index contributed by atoms with van der Waals surface area (Å²) in [6, 6.07) is 17.4. The van der Waals surface area contributed by atoms with Gasteiger partial charge < -0.3 is 10.1 Å². The molecule has 6 nitrogen and oxygen atoms in total. The SMILES string of the molecule is CCOC(=O)C1=C(c2ccccc2)Nc2ncnn2[C@@H]1c1ccc(SC)cc1. The minimum atomic E-state index is -0.427. The van der Waals surface area contributed by atoms with Gasteiger partial charge in [0.2, 0.25) is 5.95 Å². The van der Waals surface area contributed by atoms with Crippen molar-refractivity contribution in [1.82, 2.24) is 14.8 Å². The normalized spacial score (nSPS) is 15.7. The van der Waals surface area contributed by atoms with Gasteiger partial charge in [-0.2, -0.15) is 10.1 Å². The molecule has 7 heteroatoms. The highest BCUT2D eigenvalue weighted by molar-refractivity contribution is 7.98. The van der Waals surface area contributed by atoms with Crippen molar-refractivity contribution in [2.75, 3.05) is 18.2 Å². The Balaban J connectivity index is 1.93. The van der Waals surface area contributed by atoms with E-state index in [1.165, 1.54) is 6.33 Å². The summed E-state index contributed by atoms with van der Waals surface area (Å²) in [6.07, 6.45) is 3.52. The van der Waals surface area contributed by atoms with Crippen molar-refractivity contribution in [3.8, 4) is 0 Å². The first kappa shape index (κ1) is 18.3. The molecule has 0 aliphatic carbocycles. The second kappa shape index (κ2) is 7.90. The maximum atomic E-state index is 13.0. The standard InChI is InChI=1S/C21H20N4O2S/c1-3-27-20(26)17-18(14-7-5-4-6-8-14)24-21-22-13-23-25(21)19(17)15-9-11-16(28-2)12-10-15/h4-13,19H,3H2,1-2H3,(H,22,23,24)/t19-/m1/s1. The van der Waals surface area contributed by atoms with Crippen LogP contribution in [0.5, 0.6) is 0 Å². The van der Waals surface area contributed by atoms with Crippen LogP contribution in [0.4, 0.5) is 5.95 Å². The number of ether oxygens (including phenoxy) is 1. The number of carbonyl (C=O) groups excluding carboxylic acids is 1. The number of rotatable bonds is 5. The van der Waals surface area contributed by atoms with E-state index in [-0.39, 0.29) is 5.97 Å². The van der Waals surface area contributed by atoms with Crippen LogP contribution in [-0.2, 0) is 9.53 Å². The van der Waals surface area contributed by atoms with E-state index in [9.17, 15) is 4.79 Å². The Morgan fingerprint density at radius 3 is 2.61 bits per heavy atom. The third-order valence-corrected chi connectivity index (χ3v) is 5.33. The fourth-order valence-corrected chi connectivity index (χ4v) is 3.72. The first-order valence-electron chi connectivity index (χ1n) is 9.00. The molecule has 1 N–H and O–H groups in total. The Morgan fingerprint density at radius 2 is 1.93 bits per heavy atom. The van der Waals surface area contributed by atoms with E-state index in [4.69, 9.17) is 4.74 Å². The maximum absolute atomic E-state index is 13.0. The molecular weight excluding hydrogens is 372 g/mol. The predicted octanol–water partition coefficient (Wildman–Crippen LogP) is 3.99. The molecule has 0 radical (unpaired) electrons. The molecule has 2 aromatic carbocycles. The van der Waals surface area contributed by atoms with Crippen LogP contribution in [0, 0.1) is 0 Å². The summed E-state index contributed by atoms with van der Waals surface area (Å²) < 4.78 is 7.15. The number of esters is 1. The zero-order valence-corrected chi connectivity index (χ0v) is 16.4. The number of thioether (sulfide) groups is 1. The van der Waals surface area contributed by atoms with E-state index < -0.39 is 6.04 Å². The number of carbonyl (C=O) groups is 1. The monoisotopic (exact) mass is 392 g/mol. The van der Waals surface area contributed by atoms with E-state index in [2.05, 4.69) is 15.4 Å². The van der Waals surface area contributed by atoms with Gasteiger partial charge in [-0.15, -0.1) is 11.8 Å². The Bertz CT molecular complexity index is 1010. The van der Waals surface area contributed by atoms with Gasteiger partial charge in [-0.3, -0.25) is 0 Å². The molecule has 1 aliphatic rings. The smallest absolute Gasteiger partial charge is 0.338 e. The average molecular weight is 392 g/mol. The lowest BCUT2D eigenvalue weighted by Gasteiger charge is -2.29. The van der Waals surface area contributed by atoms with E-state index in [0.717, 1.165) is 16.0 Å². The summed E-state index contributed by atoms with van der Waals surface area (Å²) in [7, 11) is 0. The van der Waals surface area contributed by atoms with E-state index >= 15 is 0 Å². The van der Waals surface area contributed by atoms with Crippen molar-refractivity contribution in [1.29, 1.82) is 0 Å². The molecule has 28 heavy (non-hydrogen) atoms. The number of nitrogens with zero attached hydrogens (tertiary/aromatic N) is 3. The summed E-state index contributed by atoms with van der Waals surface area (Å²) in [5.74, 6) is 0.222. The molecule has 0 amide bonds. The molecule has 3 aromatic rings. The van der Waals surface area contributed by atoms with Crippen molar-refractivity contribution in [3.63, 3.8) is 0 Å². The van der Waals surface area contributed by atoms with Gasteiger partial charge in [0.05, 0.1) is 17.9 Å². The summed E-state index contributed by atoms with van der Waals surface area (Å²) >= 11 is 1.67. The predicted molar refractivity (Wildman–Crippen MR) is 110 cm³/mol. The summed E-state index contributed by atoms with van der Waals surface area (Å²) in [5.41, 5.74) is 3.05. The Labute approximate surface area is 167 Å². The van der Waals surface area contributed by atoms with Crippen LogP contribution in [0.1, 0.15) is 24.1 Å².